The first-order valence-electron chi connectivity index (χ1n) is 10.5. The molecule has 3 aromatic rings. The summed E-state index contributed by atoms with van der Waals surface area (Å²) in [6.45, 7) is 0. The third-order valence-electron chi connectivity index (χ3n) is 5.52. The Labute approximate surface area is 207 Å². The second-order valence-corrected chi connectivity index (χ2v) is 8.57. The molecule has 1 aliphatic rings. The van der Waals surface area contributed by atoms with Gasteiger partial charge in [0.2, 0.25) is 0 Å². The van der Waals surface area contributed by atoms with E-state index in [4.69, 9.17) is 10.5 Å². The number of ether oxygens (including phenoxy) is 2. The molecule has 2 heterocycles. The van der Waals surface area contributed by atoms with Crippen LogP contribution in [0.15, 0.2) is 58.9 Å². The van der Waals surface area contributed by atoms with E-state index in [1.807, 2.05) is 6.07 Å². The van der Waals surface area contributed by atoms with Crippen LogP contribution in [0.3, 0.4) is 0 Å². The van der Waals surface area contributed by atoms with Gasteiger partial charge in [-0.1, -0.05) is 24.3 Å². The standard InChI is InChI=1S/C25H19FN4O5S/c1-34-17-6-4-3-5-16(17)29-23(32)21-20(13-7-9-14(26)10-8-13)15(12-27)22(28)30-24(33)18(36-25(21)30)11-19(31)35-2/h3-11,20H,28H2,1-2H3,(H,29,32). The van der Waals surface area contributed by atoms with Crippen molar-refractivity contribution in [1.29, 1.82) is 5.26 Å². The fraction of sp³-hybridized carbons (Fsp3) is 0.120. The number of esters is 1. The predicted octanol–water partition coefficient (Wildman–Crippen LogP) is 1.25. The molecule has 1 aliphatic heterocycles. The molecular weight excluding hydrogens is 487 g/mol. The van der Waals surface area contributed by atoms with E-state index in [2.05, 4.69) is 10.1 Å². The summed E-state index contributed by atoms with van der Waals surface area (Å²) in [6.07, 6.45) is 0.986. The molecule has 182 valence electrons. The Morgan fingerprint density at radius 3 is 2.53 bits per heavy atom. The molecule has 4 rings (SSSR count). The Bertz CT molecular complexity index is 1630. The van der Waals surface area contributed by atoms with E-state index in [1.54, 1.807) is 24.3 Å². The lowest BCUT2D eigenvalue weighted by Crippen LogP contribution is -2.40. The minimum Gasteiger partial charge on any atom is -0.495 e. The summed E-state index contributed by atoms with van der Waals surface area (Å²) in [5.41, 5.74) is 6.26. The zero-order valence-corrected chi connectivity index (χ0v) is 19.9. The highest BCUT2D eigenvalue weighted by Crippen LogP contribution is 2.37. The number of anilines is 1. The van der Waals surface area contributed by atoms with Gasteiger partial charge in [0.05, 0.1) is 43.0 Å². The molecule has 0 saturated carbocycles. The van der Waals surface area contributed by atoms with Crippen molar-refractivity contribution in [2.45, 2.75) is 5.92 Å². The molecule has 1 aromatic heterocycles. The molecule has 0 bridgehead atoms. The summed E-state index contributed by atoms with van der Waals surface area (Å²) < 4.78 is 24.7. The molecule has 0 radical (unpaired) electrons. The Morgan fingerprint density at radius 2 is 1.89 bits per heavy atom. The first-order chi connectivity index (χ1) is 17.3. The van der Waals surface area contributed by atoms with Crippen LogP contribution in [0.1, 0.15) is 11.5 Å². The van der Waals surface area contributed by atoms with Crippen molar-refractivity contribution in [2.24, 2.45) is 5.73 Å². The molecule has 0 fully saturated rings. The van der Waals surface area contributed by atoms with Gasteiger partial charge in [-0.3, -0.25) is 14.2 Å². The Hall–Kier alpha value is -4.69. The fourth-order valence-electron chi connectivity index (χ4n) is 3.86. The second-order valence-electron chi connectivity index (χ2n) is 7.54. The molecule has 1 amide bonds. The summed E-state index contributed by atoms with van der Waals surface area (Å²) in [5, 5.41) is 12.8. The molecule has 0 spiro atoms. The Balaban J connectivity index is 2.05. The molecular formula is C25H19FN4O5S. The third kappa shape index (κ3) is 4.25. The number of benzene rings is 2. The van der Waals surface area contributed by atoms with E-state index in [1.165, 1.54) is 31.4 Å². The number of allylic oxidation sites excluding steroid dienone is 1. The number of hydrogen-bond acceptors (Lipinski definition) is 8. The van der Waals surface area contributed by atoms with Gasteiger partial charge in [0.25, 0.3) is 11.5 Å². The Kier molecular flexibility index (Phi) is 6.71. The number of rotatable bonds is 5. The number of nitrogens with one attached hydrogen (secondary N) is 1. The van der Waals surface area contributed by atoms with Gasteiger partial charge >= 0.3 is 5.97 Å². The highest BCUT2D eigenvalue weighted by molar-refractivity contribution is 7.07. The molecule has 11 heteroatoms. The van der Waals surface area contributed by atoms with Crippen molar-refractivity contribution in [3.05, 3.63) is 85.0 Å². The van der Waals surface area contributed by atoms with E-state index in [-0.39, 0.29) is 26.2 Å². The summed E-state index contributed by atoms with van der Waals surface area (Å²) >= 11 is 0.848. The third-order valence-corrected chi connectivity index (χ3v) is 6.63. The van der Waals surface area contributed by atoms with E-state index < -0.39 is 29.2 Å². The van der Waals surface area contributed by atoms with Crippen LogP contribution in [0.5, 0.6) is 5.75 Å². The average Bonchev–Trinajstić information content (AvgIpc) is 3.20. The topological polar surface area (TPSA) is 136 Å². The van der Waals surface area contributed by atoms with Crippen LogP contribution >= 0.6 is 11.3 Å². The van der Waals surface area contributed by atoms with Gasteiger partial charge in [-0.15, -0.1) is 11.3 Å². The monoisotopic (exact) mass is 506 g/mol. The van der Waals surface area contributed by atoms with Gasteiger partial charge in [-0.2, -0.15) is 5.26 Å². The number of halogens is 1. The SMILES string of the molecule is COC(=O)C=c1sc2n(c1=O)C(N)=C(C#N)C(c1ccc(F)cc1)C=2C(=O)Nc1ccccc1OC. The van der Waals surface area contributed by atoms with Crippen LogP contribution in [0, 0.1) is 17.1 Å². The number of amides is 1. The van der Waals surface area contributed by atoms with Gasteiger partial charge < -0.3 is 20.5 Å². The average molecular weight is 507 g/mol. The van der Waals surface area contributed by atoms with E-state index in [0.717, 1.165) is 29.1 Å². The number of para-hydroxylation sites is 2. The van der Waals surface area contributed by atoms with E-state index in [0.29, 0.717) is 17.0 Å². The number of methoxy groups -OCH3 is 2. The van der Waals surface area contributed by atoms with Gasteiger partial charge in [0.1, 0.15) is 26.6 Å². The van der Waals surface area contributed by atoms with Crippen LogP contribution in [0.2, 0.25) is 0 Å². The second kappa shape index (κ2) is 9.89. The van der Waals surface area contributed by atoms with Crippen molar-refractivity contribution >= 4 is 46.4 Å². The van der Waals surface area contributed by atoms with Crippen LogP contribution in [0.25, 0.3) is 17.5 Å². The number of aromatic nitrogens is 1. The molecule has 1 atom stereocenters. The first-order valence-corrected chi connectivity index (χ1v) is 11.3. The summed E-state index contributed by atoms with van der Waals surface area (Å²) in [6, 6.07) is 14.0. The first kappa shape index (κ1) is 24.4. The largest absolute Gasteiger partial charge is 0.495 e. The van der Waals surface area contributed by atoms with Crippen molar-refractivity contribution in [3.8, 4) is 11.8 Å². The number of thiazole rings is 1. The van der Waals surface area contributed by atoms with Gasteiger partial charge in [0, 0.05) is 6.08 Å². The fourth-order valence-corrected chi connectivity index (χ4v) is 4.99. The van der Waals surface area contributed by atoms with Crippen molar-refractivity contribution in [3.63, 3.8) is 0 Å². The summed E-state index contributed by atoms with van der Waals surface area (Å²) in [5.74, 6) is -2.75. The highest BCUT2D eigenvalue weighted by Gasteiger charge is 2.36. The van der Waals surface area contributed by atoms with Crippen LogP contribution in [-0.2, 0) is 14.3 Å². The zero-order valence-electron chi connectivity index (χ0n) is 19.1. The van der Waals surface area contributed by atoms with Crippen LogP contribution < -0.4 is 30.5 Å². The van der Waals surface area contributed by atoms with Crippen LogP contribution in [-0.4, -0.2) is 30.7 Å². The lowest BCUT2D eigenvalue weighted by Gasteiger charge is -2.25. The minimum atomic E-state index is -1.02. The number of nitrogens with zero attached hydrogens (tertiary/aromatic N) is 2. The number of fused-ring (bicyclic) bond motifs is 1. The highest BCUT2D eigenvalue weighted by atomic mass is 32.1. The lowest BCUT2D eigenvalue weighted by atomic mass is 9.83. The van der Waals surface area contributed by atoms with Crippen LogP contribution in [0.4, 0.5) is 10.1 Å². The molecule has 1 unspecified atom stereocenters. The maximum absolute atomic E-state index is 13.8. The number of nitriles is 1. The van der Waals surface area contributed by atoms with E-state index in [9.17, 15) is 24.0 Å². The predicted molar refractivity (Wildman–Crippen MR) is 131 cm³/mol. The maximum atomic E-state index is 13.8. The van der Waals surface area contributed by atoms with Crippen molar-refractivity contribution < 1.29 is 23.5 Å². The molecule has 0 aliphatic carbocycles. The quantitative estimate of drug-likeness (QED) is 0.497. The van der Waals surface area contributed by atoms with Gasteiger partial charge in [0.15, 0.2) is 0 Å². The molecule has 0 saturated heterocycles. The Morgan fingerprint density at radius 1 is 1.19 bits per heavy atom. The zero-order chi connectivity index (χ0) is 26.0. The minimum absolute atomic E-state index is 0.0184. The molecule has 36 heavy (non-hydrogen) atoms. The molecule has 9 nitrogen and oxygen atoms in total. The van der Waals surface area contributed by atoms with Gasteiger partial charge in [-0.05, 0) is 29.8 Å². The van der Waals surface area contributed by atoms with Crippen molar-refractivity contribution in [2.75, 3.05) is 19.5 Å². The summed E-state index contributed by atoms with van der Waals surface area (Å²) in [7, 11) is 2.61. The smallest absolute Gasteiger partial charge is 0.332 e. The molecule has 2 aromatic carbocycles. The van der Waals surface area contributed by atoms with Crippen molar-refractivity contribution in [1.82, 2.24) is 4.57 Å². The van der Waals surface area contributed by atoms with E-state index >= 15 is 0 Å². The normalized spacial score (nSPS) is 15.2. The maximum Gasteiger partial charge on any atom is 0.332 e. The molecule has 3 N–H and O–H groups in total. The number of hydrogen-bond donors (Lipinski definition) is 2. The number of nitrogens with two attached hydrogens (primary N) is 1. The summed E-state index contributed by atoms with van der Waals surface area (Å²) in [4.78, 5) is 38.7. The number of carbonyl (C=O) groups excluding carboxylic acids is 2. The van der Waals surface area contributed by atoms with Gasteiger partial charge in [-0.25, -0.2) is 9.18 Å². The number of carbonyl (C=O) groups is 2. The lowest BCUT2D eigenvalue weighted by molar-refractivity contribution is -0.133.